The SMILES string of the molecule is CN1C[C@H](F)C[C@H]1COc1nc2c3cnc(c(F)c3n1)-c1c(c(Cl)cc3[nH]ncc13)CCCCC(=O)O[C@@H]1CCCCN2C1. The quantitative estimate of drug-likeness (QED) is 0.299. The Kier molecular flexibility index (Phi) is 7.96. The van der Waals surface area contributed by atoms with Crippen molar-refractivity contribution in [2.45, 2.75) is 69.7 Å². The predicted molar refractivity (Wildman–Crippen MR) is 162 cm³/mol. The number of aromatic nitrogens is 5. The summed E-state index contributed by atoms with van der Waals surface area (Å²) in [5.74, 6) is -0.394. The van der Waals surface area contributed by atoms with E-state index in [4.69, 9.17) is 26.1 Å². The Morgan fingerprint density at radius 2 is 2.00 bits per heavy atom. The first-order valence-electron chi connectivity index (χ1n) is 15.3. The van der Waals surface area contributed by atoms with E-state index in [1.165, 1.54) is 0 Å². The van der Waals surface area contributed by atoms with E-state index in [9.17, 15) is 9.18 Å². The Morgan fingerprint density at radius 3 is 2.84 bits per heavy atom. The van der Waals surface area contributed by atoms with Gasteiger partial charge in [-0.1, -0.05) is 11.6 Å². The Morgan fingerprint density at radius 1 is 1.14 bits per heavy atom. The first kappa shape index (κ1) is 29.1. The number of rotatable bonds is 3. The normalized spacial score (nSPS) is 23.3. The van der Waals surface area contributed by atoms with Crippen LogP contribution in [-0.2, 0) is 16.0 Å². The van der Waals surface area contributed by atoms with E-state index in [0.29, 0.717) is 78.0 Å². The molecule has 13 heteroatoms. The first-order valence-corrected chi connectivity index (χ1v) is 15.7. The molecular weight excluding hydrogens is 592 g/mol. The number of alkyl halides is 1. The van der Waals surface area contributed by atoms with E-state index in [2.05, 4.69) is 20.2 Å². The van der Waals surface area contributed by atoms with Crippen LogP contribution >= 0.6 is 11.6 Å². The molecular formula is C31H34ClF2N7O3. The molecule has 44 heavy (non-hydrogen) atoms. The van der Waals surface area contributed by atoms with Gasteiger partial charge in [-0.25, -0.2) is 8.78 Å². The van der Waals surface area contributed by atoms with Gasteiger partial charge in [0.1, 0.15) is 35.9 Å². The van der Waals surface area contributed by atoms with E-state index in [-0.39, 0.29) is 48.4 Å². The van der Waals surface area contributed by atoms with Crippen molar-refractivity contribution in [2.24, 2.45) is 0 Å². The zero-order chi connectivity index (χ0) is 30.4. The average molecular weight is 626 g/mol. The minimum Gasteiger partial charge on any atom is -0.462 e. The van der Waals surface area contributed by atoms with Gasteiger partial charge in [0, 0.05) is 47.7 Å². The van der Waals surface area contributed by atoms with Crippen molar-refractivity contribution < 1.29 is 23.0 Å². The average Bonchev–Trinajstić information content (AvgIpc) is 3.51. The van der Waals surface area contributed by atoms with E-state index in [0.717, 1.165) is 24.8 Å². The first-order chi connectivity index (χ1) is 21.4. The number of ether oxygens (including phenoxy) is 2. The highest BCUT2D eigenvalue weighted by Crippen LogP contribution is 2.40. The van der Waals surface area contributed by atoms with Gasteiger partial charge in [0.15, 0.2) is 5.82 Å². The van der Waals surface area contributed by atoms with Gasteiger partial charge >= 0.3 is 12.0 Å². The fourth-order valence-electron chi connectivity index (χ4n) is 6.70. The van der Waals surface area contributed by atoms with E-state index >= 15 is 4.39 Å². The number of carbonyl (C=O) groups is 1. The van der Waals surface area contributed by atoms with Crippen LogP contribution in [0.1, 0.15) is 50.5 Å². The Hall–Kier alpha value is -3.64. The van der Waals surface area contributed by atoms with Crippen LogP contribution in [0.3, 0.4) is 0 Å². The highest BCUT2D eigenvalue weighted by molar-refractivity contribution is 6.33. The number of pyridine rings is 1. The summed E-state index contributed by atoms with van der Waals surface area (Å²) >= 11 is 6.77. The lowest BCUT2D eigenvalue weighted by Crippen LogP contribution is -2.35. The van der Waals surface area contributed by atoms with Crippen LogP contribution in [0.2, 0.25) is 5.02 Å². The van der Waals surface area contributed by atoms with Gasteiger partial charge in [-0.15, -0.1) is 0 Å². The third kappa shape index (κ3) is 5.53. The van der Waals surface area contributed by atoms with Crippen LogP contribution < -0.4 is 9.64 Å². The second kappa shape index (κ2) is 12.0. The van der Waals surface area contributed by atoms with Crippen LogP contribution in [-0.4, -0.2) is 87.6 Å². The molecule has 10 nitrogen and oxygen atoms in total. The van der Waals surface area contributed by atoms with Crippen LogP contribution in [0.4, 0.5) is 14.6 Å². The Balaban J connectivity index is 1.40. The third-order valence-corrected chi connectivity index (χ3v) is 9.34. The van der Waals surface area contributed by atoms with E-state index < -0.39 is 12.0 Å². The van der Waals surface area contributed by atoms with Crippen molar-refractivity contribution >= 4 is 45.2 Å². The summed E-state index contributed by atoms with van der Waals surface area (Å²) < 4.78 is 42.9. The molecule has 4 aliphatic heterocycles. The summed E-state index contributed by atoms with van der Waals surface area (Å²) in [4.78, 5) is 30.8. The molecule has 3 aromatic heterocycles. The molecule has 3 atom stereocenters. The van der Waals surface area contributed by atoms with Crippen molar-refractivity contribution in [3.63, 3.8) is 0 Å². The van der Waals surface area contributed by atoms with E-state index in [1.54, 1.807) is 18.5 Å². The number of H-pyrrole nitrogens is 1. The molecule has 0 unspecified atom stereocenters. The van der Waals surface area contributed by atoms with Crippen LogP contribution in [0.5, 0.6) is 6.01 Å². The number of esters is 1. The number of anilines is 1. The third-order valence-electron chi connectivity index (χ3n) is 9.01. The van der Waals surface area contributed by atoms with Crippen molar-refractivity contribution in [2.75, 3.05) is 38.2 Å². The fraction of sp³-hybridized carbons (Fsp3) is 0.516. The molecule has 8 rings (SSSR count). The Bertz CT molecular complexity index is 1720. The van der Waals surface area contributed by atoms with Gasteiger partial charge in [0.05, 0.1) is 23.6 Å². The van der Waals surface area contributed by atoms with Crippen LogP contribution in [0, 0.1) is 5.82 Å². The molecule has 2 fully saturated rings. The molecule has 232 valence electrons. The summed E-state index contributed by atoms with van der Waals surface area (Å²) in [5.41, 5.74) is 2.08. The number of benzene rings is 1. The second-order valence-corrected chi connectivity index (χ2v) is 12.5. The molecule has 0 saturated carbocycles. The summed E-state index contributed by atoms with van der Waals surface area (Å²) in [6.45, 7) is 1.53. The Labute approximate surface area is 258 Å². The number of carbonyl (C=O) groups excluding carboxylic acids is 1. The van der Waals surface area contributed by atoms with Crippen LogP contribution in [0.25, 0.3) is 33.1 Å². The molecule has 0 amide bonds. The summed E-state index contributed by atoms with van der Waals surface area (Å²) in [5, 5.41) is 8.67. The van der Waals surface area contributed by atoms with Gasteiger partial charge in [0.25, 0.3) is 0 Å². The predicted octanol–water partition coefficient (Wildman–Crippen LogP) is 5.41. The molecule has 7 heterocycles. The lowest BCUT2D eigenvalue weighted by Gasteiger charge is -2.27. The molecule has 0 aliphatic carbocycles. The minimum absolute atomic E-state index is 0.00191. The molecule has 0 radical (unpaired) electrons. The maximum Gasteiger partial charge on any atom is 0.319 e. The number of nitrogens with zero attached hydrogens (tertiary/aromatic N) is 6. The number of aromatic amines is 1. The molecule has 4 aromatic rings. The highest BCUT2D eigenvalue weighted by atomic mass is 35.5. The van der Waals surface area contributed by atoms with Gasteiger partial charge in [-0.05, 0) is 63.6 Å². The van der Waals surface area contributed by atoms with Crippen molar-refractivity contribution in [1.29, 1.82) is 0 Å². The van der Waals surface area contributed by atoms with Crippen molar-refractivity contribution in [1.82, 2.24) is 30.0 Å². The number of likely N-dealkylation sites (N-methyl/N-ethyl adjacent to an activating group) is 1. The monoisotopic (exact) mass is 625 g/mol. The zero-order valence-electron chi connectivity index (χ0n) is 24.5. The maximum absolute atomic E-state index is 16.9. The maximum atomic E-state index is 16.9. The van der Waals surface area contributed by atoms with Gasteiger partial charge < -0.3 is 14.4 Å². The zero-order valence-corrected chi connectivity index (χ0v) is 25.2. The van der Waals surface area contributed by atoms with Crippen molar-refractivity contribution in [3.8, 4) is 17.3 Å². The molecule has 1 aromatic carbocycles. The van der Waals surface area contributed by atoms with Crippen molar-refractivity contribution in [3.05, 3.63) is 34.9 Å². The smallest absolute Gasteiger partial charge is 0.319 e. The summed E-state index contributed by atoms with van der Waals surface area (Å²) in [6.07, 6.45) is 6.82. The summed E-state index contributed by atoms with van der Waals surface area (Å²) in [7, 11) is 1.85. The van der Waals surface area contributed by atoms with Gasteiger partial charge in [0.2, 0.25) is 0 Å². The number of fused-ring (bicyclic) bond motifs is 7. The van der Waals surface area contributed by atoms with Crippen LogP contribution in [0.15, 0.2) is 18.5 Å². The number of halogens is 3. The lowest BCUT2D eigenvalue weighted by atomic mass is 9.94. The topological polar surface area (TPSA) is 109 Å². The van der Waals surface area contributed by atoms with Gasteiger partial charge in [-0.3, -0.25) is 19.8 Å². The van der Waals surface area contributed by atoms with Gasteiger partial charge in [-0.2, -0.15) is 15.1 Å². The highest BCUT2D eigenvalue weighted by Gasteiger charge is 2.31. The molecule has 2 saturated heterocycles. The van der Waals surface area contributed by atoms with E-state index in [1.807, 2.05) is 16.8 Å². The second-order valence-electron chi connectivity index (χ2n) is 12.1. The number of nitrogens with one attached hydrogen (secondary N) is 1. The minimum atomic E-state index is -0.928. The number of hydrogen-bond donors (Lipinski definition) is 1. The molecule has 4 aliphatic rings. The lowest BCUT2D eigenvalue weighted by molar-refractivity contribution is -0.149. The summed E-state index contributed by atoms with van der Waals surface area (Å²) in [6, 6.07) is 1.62. The largest absolute Gasteiger partial charge is 0.462 e. The number of hydrogen-bond acceptors (Lipinski definition) is 9. The fourth-order valence-corrected chi connectivity index (χ4v) is 7.00. The molecule has 1 N–H and O–H groups in total. The molecule has 6 bridgehead atoms. The number of likely N-dealkylation sites (tertiary alicyclic amines) is 1. The molecule has 0 spiro atoms. The standard InChI is InChI=1S/C31H34ClF2N7O3/c1-40-14-17(33)10-18(40)16-43-31-37-28-22-12-35-29(27(28)34)26-20(23(32)11-24-21(26)13-36-39-24)7-2-3-8-25(42)44-19-6-4-5-9-41(15-19)30(22)38-31/h11-13,17-19H,2-10,14-16H2,1H3,(H,36,39)/t17-,18+,19-/m1/s1.